The molecule has 1 N–H and O–H groups in total. The normalized spacial score (nSPS) is 12.3. The molecule has 0 saturated carbocycles. The molecule has 0 bridgehead atoms. The Bertz CT molecular complexity index is 714. The number of esters is 1. The molecule has 140 valence electrons. The topological polar surface area (TPSA) is 77.8 Å². The number of ether oxygens (including phenoxy) is 2. The van der Waals surface area contributed by atoms with Gasteiger partial charge in [-0.2, -0.15) is 0 Å². The summed E-state index contributed by atoms with van der Waals surface area (Å²) in [5, 5.41) is 2.59. The van der Waals surface area contributed by atoms with Crippen LogP contribution in [0.2, 0.25) is 0 Å². The molecule has 6 nitrogen and oxygen atoms in total. The van der Waals surface area contributed by atoms with Crippen LogP contribution < -0.4 is 5.32 Å². The number of rotatable bonds is 6. The highest BCUT2D eigenvalue weighted by Gasteiger charge is 2.25. The number of amides is 1. The third-order valence-corrected chi connectivity index (χ3v) is 3.46. The molecule has 0 aliphatic rings. The van der Waals surface area contributed by atoms with Gasteiger partial charge in [-0.1, -0.05) is 24.3 Å². The molecule has 0 aliphatic heterocycles. The lowest BCUT2D eigenvalue weighted by atomic mass is 10.0. The minimum absolute atomic E-state index is 0.239. The van der Waals surface area contributed by atoms with Crippen LogP contribution in [0.15, 0.2) is 47.1 Å². The summed E-state index contributed by atoms with van der Waals surface area (Å²) < 4.78 is 15.7. The summed E-state index contributed by atoms with van der Waals surface area (Å²) in [5.41, 5.74) is 1.18. The van der Waals surface area contributed by atoms with Gasteiger partial charge < -0.3 is 19.2 Å². The third-order valence-electron chi connectivity index (χ3n) is 3.46. The van der Waals surface area contributed by atoms with Crippen molar-refractivity contribution in [2.24, 2.45) is 0 Å². The molecule has 1 amide bonds. The molecular formula is C20H25NO5. The van der Waals surface area contributed by atoms with E-state index in [1.54, 1.807) is 34.0 Å². The molecule has 1 aromatic heterocycles. The molecule has 2 aromatic rings. The number of furan rings is 1. The monoisotopic (exact) mass is 359 g/mol. The van der Waals surface area contributed by atoms with Crippen molar-refractivity contribution in [1.29, 1.82) is 0 Å². The van der Waals surface area contributed by atoms with Crippen LogP contribution in [-0.2, 0) is 20.7 Å². The molecule has 6 heteroatoms. The van der Waals surface area contributed by atoms with Gasteiger partial charge in [-0.15, -0.1) is 0 Å². The quantitative estimate of drug-likeness (QED) is 0.790. The van der Waals surface area contributed by atoms with Gasteiger partial charge in [0.2, 0.25) is 0 Å². The van der Waals surface area contributed by atoms with E-state index in [0.29, 0.717) is 6.42 Å². The summed E-state index contributed by atoms with van der Waals surface area (Å²) in [4.78, 5) is 24.2. The molecule has 1 aromatic carbocycles. The second-order valence-electron chi connectivity index (χ2n) is 6.83. The fourth-order valence-electron chi connectivity index (χ4n) is 2.37. The lowest BCUT2D eigenvalue weighted by molar-refractivity contribution is -0.145. The van der Waals surface area contributed by atoms with Crippen LogP contribution in [0.4, 0.5) is 4.79 Å². The first-order valence-electron chi connectivity index (χ1n) is 8.57. The fraction of sp³-hybridized carbons (Fsp3) is 0.400. The Balaban J connectivity index is 2.08. The summed E-state index contributed by atoms with van der Waals surface area (Å²) >= 11 is 0. The fourth-order valence-corrected chi connectivity index (χ4v) is 2.37. The van der Waals surface area contributed by atoms with E-state index in [2.05, 4.69) is 5.32 Å². The van der Waals surface area contributed by atoms with E-state index in [1.807, 2.05) is 36.4 Å². The Morgan fingerprint density at radius 1 is 1.15 bits per heavy atom. The van der Waals surface area contributed by atoms with Gasteiger partial charge in [0, 0.05) is 12.0 Å². The van der Waals surface area contributed by atoms with Crippen LogP contribution in [0.3, 0.4) is 0 Å². The number of nitrogens with one attached hydrogen (secondary N) is 1. The predicted octanol–water partition coefficient (Wildman–Crippen LogP) is 3.95. The molecule has 1 unspecified atom stereocenters. The highest BCUT2D eigenvalue weighted by Crippen LogP contribution is 2.20. The first-order chi connectivity index (χ1) is 12.3. The van der Waals surface area contributed by atoms with Gasteiger partial charge in [-0.25, -0.2) is 9.59 Å². The van der Waals surface area contributed by atoms with E-state index in [4.69, 9.17) is 13.9 Å². The van der Waals surface area contributed by atoms with Crippen LogP contribution in [-0.4, -0.2) is 30.3 Å². The Hall–Kier alpha value is -2.76. The molecule has 2 rings (SSSR count). The first kappa shape index (κ1) is 19.6. The number of benzene rings is 1. The summed E-state index contributed by atoms with van der Waals surface area (Å²) in [6.45, 7) is 7.25. The second-order valence-corrected chi connectivity index (χ2v) is 6.83. The number of alkyl carbamates (subject to hydrolysis) is 1. The van der Waals surface area contributed by atoms with Gasteiger partial charge in [0.1, 0.15) is 17.4 Å². The van der Waals surface area contributed by atoms with Crippen LogP contribution >= 0.6 is 0 Å². The van der Waals surface area contributed by atoms with Crippen LogP contribution in [0.25, 0.3) is 11.3 Å². The Kier molecular flexibility index (Phi) is 6.44. The standard InChI is InChI=1S/C20H25NO5/c1-5-24-18(22)16(21-19(23)26-20(2,3)4)13-14-8-10-15(11-9-14)17-7-6-12-25-17/h6-12,16H,5,13H2,1-4H3,(H,21,23). The van der Waals surface area contributed by atoms with Gasteiger partial charge in [-0.3, -0.25) is 0 Å². The minimum Gasteiger partial charge on any atom is -0.464 e. The zero-order chi connectivity index (χ0) is 19.2. The maximum absolute atomic E-state index is 12.2. The molecule has 0 fully saturated rings. The van der Waals surface area contributed by atoms with Crippen molar-refractivity contribution >= 4 is 12.1 Å². The smallest absolute Gasteiger partial charge is 0.408 e. The largest absolute Gasteiger partial charge is 0.464 e. The van der Waals surface area contributed by atoms with Crippen LogP contribution in [0, 0.1) is 0 Å². The summed E-state index contributed by atoms with van der Waals surface area (Å²) in [5.74, 6) is 0.277. The molecular weight excluding hydrogens is 334 g/mol. The highest BCUT2D eigenvalue weighted by molar-refractivity contribution is 5.81. The molecule has 0 radical (unpaired) electrons. The summed E-state index contributed by atoms with van der Waals surface area (Å²) in [7, 11) is 0. The van der Waals surface area contributed by atoms with Crippen molar-refractivity contribution in [2.45, 2.75) is 45.8 Å². The van der Waals surface area contributed by atoms with Crippen molar-refractivity contribution in [2.75, 3.05) is 6.61 Å². The first-order valence-corrected chi connectivity index (χ1v) is 8.57. The Morgan fingerprint density at radius 3 is 2.38 bits per heavy atom. The Labute approximate surface area is 153 Å². The third kappa shape index (κ3) is 5.95. The molecule has 0 saturated heterocycles. The second kappa shape index (κ2) is 8.56. The highest BCUT2D eigenvalue weighted by atomic mass is 16.6. The predicted molar refractivity (Wildman–Crippen MR) is 97.6 cm³/mol. The van der Waals surface area contributed by atoms with E-state index in [-0.39, 0.29) is 6.61 Å². The number of carbonyl (C=O) groups is 2. The zero-order valence-electron chi connectivity index (χ0n) is 15.6. The molecule has 1 heterocycles. The lowest BCUT2D eigenvalue weighted by Crippen LogP contribution is -2.45. The summed E-state index contributed by atoms with van der Waals surface area (Å²) in [6, 6.07) is 10.5. The van der Waals surface area contributed by atoms with E-state index in [9.17, 15) is 9.59 Å². The van der Waals surface area contributed by atoms with Gasteiger partial charge in [0.15, 0.2) is 0 Å². The van der Waals surface area contributed by atoms with E-state index < -0.39 is 23.7 Å². The zero-order valence-corrected chi connectivity index (χ0v) is 15.6. The van der Waals surface area contributed by atoms with Crippen molar-refractivity contribution in [3.63, 3.8) is 0 Å². The van der Waals surface area contributed by atoms with E-state index in [0.717, 1.165) is 16.9 Å². The number of carbonyl (C=O) groups excluding carboxylic acids is 2. The maximum Gasteiger partial charge on any atom is 0.408 e. The maximum atomic E-state index is 12.2. The SMILES string of the molecule is CCOC(=O)C(Cc1ccc(-c2ccco2)cc1)NC(=O)OC(C)(C)C. The number of hydrogen-bond donors (Lipinski definition) is 1. The molecule has 26 heavy (non-hydrogen) atoms. The molecule has 0 aliphatic carbocycles. The van der Waals surface area contributed by atoms with E-state index in [1.165, 1.54) is 0 Å². The lowest BCUT2D eigenvalue weighted by Gasteiger charge is -2.23. The van der Waals surface area contributed by atoms with Crippen LogP contribution in [0.5, 0.6) is 0 Å². The van der Waals surface area contributed by atoms with Crippen molar-refractivity contribution in [3.8, 4) is 11.3 Å². The number of hydrogen-bond acceptors (Lipinski definition) is 5. The van der Waals surface area contributed by atoms with Gasteiger partial charge >= 0.3 is 12.1 Å². The average molecular weight is 359 g/mol. The average Bonchev–Trinajstić information content (AvgIpc) is 3.08. The van der Waals surface area contributed by atoms with Crippen molar-refractivity contribution < 1.29 is 23.5 Å². The molecule has 1 atom stereocenters. The van der Waals surface area contributed by atoms with Crippen molar-refractivity contribution in [3.05, 3.63) is 48.2 Å². The van der Waals surface area contributed by atoms with Gasteiger partial charge in [-0.05, 0) is 45.4 Å². The van der Waals surface area contributed by atoms with Crippen molar-refractivity contribution in [1.82, 2.24) is 5.32 Å². The van der Waals surface area contributed by atoms with E-state index >= 15 is 0 Å². The van der Waals surface area contributed by atoms with Crippen LogP contribution in [0.1, 0.15) is 33.3 Å². The van der Waals surface area contributed by atoms with Gasteiger partial charge in [0.05, 0.1) is 12.9 Å². The Morgan fingerprint density at radius 2 is 1.85 bits per heavy atom. The van der Waals surface area contributed by atoms with Gasteiger partial charge in [0.25, 0.3) is 0 Å². The molecule has 0 spiro atoms. The summed E-state index contributed by atoms with van der Waals surface area (Å²) in [6.07, 6.45) is 1.27. The minimum atomic E-state index is -0.820.